The van der Waals surface area contributed by atoms with E-state index in [-0.39, 0.29) is 24.0 Å². The van der Waals surface area contributed by atoms with Crippen molar-refractivity contribution in [3.05, 3.63) is 89.3 Å². The maximum absolute atomic E-state index is 13.2. The second-order valence-electron chi connectivity index (χ2n) is 5.97. The standard InChI is InChI=1S/C20H17FN4O2/c1-13-10-23-9-8-17(13)20(27)25(12-14-2-4-15(21)5-3-14)16-6-7-18(19(22)26)24-11-16/h2-11H,12H2,1H3,(H2,22,26). The summed E-state index contributed by atoms with van der Waals surface area (Å²) in [5.74, 6) is -1.26. The predicted octanol–water partition coefficient (Wildman–Crippen LogP) is 2.87. The summed E-state index contributed by atoms with van der Waals surface area (Å²) in [6.45, 7) is 2.00. The topological polar surface area (TPSA) is 89.2 Å². The zero-order valence-corrected chi connectivity index (χ0v) is 14.6. The van der Waals surface area contributed by atoms with Gasteiger partial charge in [0.2, 0.25) is 0 Å². The first-order valence-electron chi connectivity index (χ1n) is 8.18. The highest BCUT2D eigenvalue weighted by Gasteiger charge is 2.20. The molecule has 2 amide bonds. The lowest BCUT2D eigenvalue weighted by Gasteiger charge is -2.23. The maximum atomic E-state index is 13.2. The molecule has 0 saturated heterocycles. The number of rotatable bonds is 5. The smallest absolute Gasteiger partial charge is 0.267 e. The highest BCUT2D eigenvalue weighted by molar-refractivity contribution is 6.06. The van der Waals surface area contributed by atoms with E-state index in [9.17, 15) is 14.0 Å². The van der Waals surface area contributed by atoms with Crippen molar-refractivity contribution in [3.8, 4) is 0 Å². The van der Waals surface area contributed by atoms with E-state index < -0.39 is 5.91 Å². The third-order valence-electron chi connectivity index (χ3n) is 4.06. The molecule has 0 atom stereocenters. The number of nitrogens with zero attached hydrogens (tertiary/aromatic N) is 3. The van der Waals surface area contributed by atoms with Gasteiger partial charge in [0.25, 0.3) is 11.8 Å². The van der Waals surface area contributed by atoms with E-state index in [1.54, 1.807) is 43.6 Å². The average Bonchev–Trinajstić information content (AvgIpc) is 2.67. The van der Waals surface area contributed by atoms with Crippen molar-refractivity contribution in [1.29, 1.82) is 0 Å². The lowest BCUT2D eigenvalue weighted by Crippen LogP contribution is -2.31. The van der Waals surface area contributed by atoms with E-state index in [1.807, 2.05) is 0 Å². The average molecular weight is 364 g/mol. The van der Waals surface area contributed by atoms with Crippen molar-refractivity contribution in [1.82, 2.24) is 9.97 Å². The summed E-state index contributed by atoms with van der Waals surface area (Å²) in [6, 6.07) is 10.6. The van der Waals surface area contributed by atoms with Gasteiger partial charge in [0.15, 0.2) is 0 Å². The zero-order valence-electron chi connectivity index (χ0n) is 14.6. The Bertz CT molecular complexity index is 972. The van der Waals surface area contributed by atoms with Gasteiger partial charge in [-0.05, 0) is 48.4 Å². The van der Waals surface area contributed by atoms with Gasteiger partial charge >= 0.3 is 0 Å². The third kappa shape index (κ3) is 4.14. The molecule has 6 nitrogen and oxygen atoms in total. The van der Waals surface area contributed by atoms with Crippen molar-refractivity contribution in [2.45, 2.75) is 13.5 Å². The van der Waals surface area contributed by atoms with Crippen molar-refractivity contribution in [2.75, 3.05) is 4.90 Å². The Kier molecular flexibility index (Phi) is 5.21. The van der Waals surface area contributed by atoms with E-state index >= 15 is 0 Å². The van der Waals surface area contributed by atoms with E-state index in [0.717, 1.165) is 11.1 Å². The summed E-state index contributed by atoms with van der Waals surface area (Å²) in [5.41, 5.74) is 7.79. The van der Waals surface area contributed by atoms with Crippen LogP contribution in [0, 0.1) is 12.7 Å². The molecule has 1 aromatic carbocycles. The molecule has 3 rings (SSSR count). The number of aryl methyl sites for hydroxylation is 1. The van der Waals surface area contributed by atoms with Gasteiger partial charge in [-0.2, -0.15) is 0 Å². The number of nitrogens with two attached hydrogens (primary N) is 1. The summed E-state index contributed by atoms with van der Waals surface area (Å²) >= 11 is 0. The normalized spacial score (nSPS) is 10.4. The number of anilines is 1. The second-order valence-corrected chi connectivity index (χ2v) is 5.97. The molecule has 136 valence electrons. The molecule has 2 heterocycles. The number of pyridine rings is 2. The minimum Gasteiger partial charge on any atom is -0.364 e. The van der Waals surface area contributed by atoms with Crippen LogP contribution in [0.15, 0.2) is 61.1 Å². The largest absolute Gasteiger partial charge is 0.364 e. The van der Waals surface area contributed by atoms with Crippen LogP contribution in [-0.2, 0) is 6.54 Å². The number of carbonyl (C=O) groups excluding carboxylic acids is 2. The fourth-order valence-corrected chi connectivity index (χ4v) is 2.60. The van der Waals surface area contributed by atoms with Gasteiger partial charge in [-0.3, -0.25) is 14.6 Å². The van der Waals surface area contributed by atoms with Crippen LogP contribution < -0.4 is 10.6 Å². The molecule has 0 radical (unpaired) electrons. The number of hydrogen-bond acceptors (Lipinski definition) is 4. The second kappa shape index (κ2) is 7.74. The Balaban J connectivity index is 2.00. The third-order valence-corrected chi connectivity index (χ3v) is 4.06. The molecule has 2 aromatic heterocycles. The van der Waals surface area contributed by atoms with Crippen LogP contribution in [0.3, 0.4) is 0 Å². The Morgan fingerprint density at radius 1 is 1.07 bits per heavy atom. The van der Waals surface area contributed by atoms with Crippen LogP contribution in [-0.4, -0.2) is 21.8 Å². The summed E-state index contributed by atoms with van der Waals surface area (Å²) in [7, 11) is 0. The Morgan fingerprint density at radius 2 is 1.81 bits per heavy atom. The van der Waals surface area contributed by atoms with E-state index in [0.29, 0.717) is 11.3 Å². The fraction of sp³-hybridized carbons (Fsp3) is 0.100. The van der Waals surface area contributed by atoms with Crippen molar-refractivity contribution in [3.63, 3.8) is 0 Å². The summed E-state index contributed by atoms with van der Waals surface area (Å²) in [4.78, 5) is 33.9. The fourth-order valence-electron chi connectivity index (χ4n) is 2.60. The first-order chi connectivity index (χ1) is 13.0. The molecule has 3 aromatic rings. The summed E-state index contributed by atoms with van der Waals surface area (Å²) in [6.07, 6.45) is 4.57. The molecule has 0 aliphatic heterocycles. The number of benzene rings is 1. The van der Waals surface area contributed by atoms with Crippen LogP contribution in [0.25, 0.3) is 0 Å². The number of carbonyl (C=O) groups is 2. The molecule has 0 aliphatic carbocycles. The van der Waals surface area contributed by atoms with Gasteiger partial charge in [-0.15, -0.1) is 0 Å². The SMILES string of the molecule is Cc1cnccc1C(=O)N(Cc1ccc(F)cc1)c1ccc(C(N)=O)nc1. The van der Waals surface area contributed by atoms with Gasteiger partial charge < -0.3 is 10.6 Å². The highest BCUT2D eigenvalue weighted by Crippen LogP contribution is 2.21. The molecule has 0 unspecified atom stereocenters. The molecule has 2 N–H and O–H groups in total. The van der Waals surface area contributed by atoms with Crippen LogP contribution in [0.1, 0.15) is 32.0 Å². The van der Waals surface area contributed by atoms with Crippen LogP contribution in [0.2, 0.25) is 0 Å². The molecule has 7 heteroatoms. The van der Waals surface area contributed by atoms with Gasteiger partial charge in [-0.1, -0.05) is 12.1 Å². The van der Waals surface area contributed by atoms with Crippen LogP contribution in [0.4, 0.5) is 10.1 Å². The molecule has 27 heavy (non-hydrogen) atoms. The number of amides is 2. The molecule has 0 fully saturated rings. The van der Waals surface area contributed by atoms with Gasteiger partial charge in [0.05, 0.1) is 18.4 Å². The number of hydrogen-bond donors (Lipinski definition) is 1. The lowest BCUT2D eigenvalue weighted by atomic mass is 10.1. The molecule has 0 aliphatic rings. The highest BCUT2D eigenvalue weighted by atomic mass is 19.1. The van der Waals surface area contributed by atoms with Crippen LogP contribution >= 0.6 is 0 Å². The number of aromatic nitrogens is 2. The first-order valence-corrected chi connectivity index (χ1v) is 8.18. The minimum atomic E-state index is -0.650. The zero-order chi connectivity index (χ0) is 19.4. The molecule has 0 spiro atoms. The quantitative estimate of drug-likeness (QED) is 0.754. The lowest BCUT2D eigenvalue weighted by molar-refractivity contribution is 0.0982. The molecule has 0 bridgehead atoms. The summed E-state index contributed by atoms with van der Waals surface area (Å²) in [5, 5.41) is 0. The van der Waals surface area contributed by atoms with Crippen molar-refractivity contribution in [2.24, 2.45) is 5.73 Å². The van der Waals surface area contributed by atoms with Gasteiger partial charge in [0.1, 0.15) is 11.5 Å². The maximum Gasteiger partial charge on any atom is 0.267 e. The minimum absolute atomic E-state index is 0.105. The number of primary amides is 1. The van der Waals surface area contributed by atoms with Gasteiger partial charge in [-0.25, -0.2) is 9.37 Å². The van der Waals surface area contributed by atoms with Crippen LogP contribution in [0.5, 0.6) is 0 Å². The van der Waals surface area contributed by atoms with Crippen molar-refractivity contribution < 1.29 is 14.0 Å². The summed E-state index contributed by atoms with van der Waals surface area (Å²) < 4.78 is 13.2. The first kappa shape index (κ1) is 18.2. The van der Waals surface area contributed by atoms with Gasteiger partial charge in [0, 0.05) is 18.0 Å². The number of halogens is 1. The molecular formula is C20H17FN4O2. The van der Waals surface area contributed by atoms with E-state index in [4.69, 9.17) is 5.73 Å². The monoisotopic (exact) mass is 364 g/mol. The van der Waals surface area contributed by atoms with E-state index in [2.05, 4.69) is 9.97 Å². The van der Waals surface area contributed by atoms with Crippen molar-refractivity contribution >= 4 is 17.5 Å². The van der Waals surface area contributed by atoms with E-state index in [1.165, 1.54) is 29.3 Å². The molecular weight excluding hydrogens is 347 g/mol. The molecule has 0 saturated carbocycles. The Labute approximate surface area is 155 Å². The predicted molar refractivity (Wildman–Crippen MR) is 98.6 cm³/mol. The Hall–Kier alpha value is -3.61. The Morgan fingerprint density at radius 3 is 2.41 bits per heavy atom.